The van der Waals surface area contributed by atoms with Gasteiger partial charge in [0.25, 0.3) is 0 Å². The summed E-state index contributed by atoms with van der Waals surface area (Å²) in [6.45, 7) is 3.74. The predicted molar refractivity (Wildman–Crippen MR) is 101 cm³/mol. The molecule has 0 amide bonds. The van der Waals surface area contributed by atoms with Gasteiger partial charge in [-0.05, 0) is 37.0 Å². The van der Waals surface area contributed by atoms with Gasteiger partial charge in [0.15, 0.2) is 0 Å². The number of methoxy groups -OCH3 is 2. The van der Waals surface area contributed by atoms with E-state index in [0.717, 1.165) is 31.6 Å². The average molecular weight is 392 g/mol. The number of hydrogen-bond donors (Lipinski definition) is 0. The van der Waals surface area contributed by atoms with Crippen molar-refractivity contribution < 1.29 is 28.2 Å². The predicted octanol–water partition coefficient (Wildman–Crippen LogP) is 2.46. The maximum absolute atomic E-state index is 14.2. The zero-order valence-corrected chi connectivity index (χ0v) is 16.4. The summed E-state index contributed by atoms with van der Waals surface area (Å²) in [5.41, 5.74) is 1.29. The van der Waals surface area contributed by atoms with Gasteiger partial charge in [0.1, 0.15) is 18.2 Å². The molecule has 0 radical (unpaired) electrons. The summed E-state index contributed by atoms with van der Waals surface area (Å²) in [5.74, 6) is -1.33. The largest absolute Gasteiger partial charge is 0.466 e. The Bertz CT molecular complexity index is 795. The van der Waals surface area contributed by atoms with Crippen molar-refractivity contribution >= 4 is 23.3 Å². The molecule has 1 unspecified atom stereocenters. The number of esters is 2. The average Bonchev–Trinajstić information content (AvgIpc) is 2.71. The summed E-state index contributed by atoms with van der Waals surface area (Å²) in [6, 6.07) is 4.44. The van der Waals surface area contributed by atoms with Crippen LogP contribution in [0.4, 0.5) is 15.8 Å². The van der Waals surface area contributed by atoms with Gasteiger partial charge in [-0.1, -0.05) is 6.92 Å². The fourth-order valence-electron chi connectivity index (χ4n) is 3.72. The number of anilines is 2. The summed E-state index contributed by atoms with van der Waals surface area (Å²) in [7, 11) is 2.46. The van der Waals surface area contributed by atoms with Crippen molar-refractivity contribution in [3.63, 3.8) is 0 Å². The van der Waals surface area contributed by atoms with Crippen LogP contribution in [-0.2, 0) is 23.8 Å². The Morgan fingerprint density at radius 3 is 2.61 bits per heavy atom. The molecule has 1 fully saturated rings. The molecule has 152 valence electrons. The summed E-state index contributed by atoms with van der Waals surface area (Å²) >= 11 is 0. The molecule has 0 saturated carbocycles. The van der Waals surface area contributed by atoms with E-state index in [1.165, 1.54) is 31.3 Å². The number of carbonyl (C=O) groups excluding carboxylic acids is 2. The summed E-state index contributed by atoms with van der Waals surface area (Å²) in [6.07, 6.45) is 2.17. The Labute approximate surface area is 163 Å². The molecule has 2 heterocycles. The van der Waals surface area contributed by atoms with Gasteiger partial charge in [0, 0.05) is 13.1 Å². The second-order valence-electron chi connectivity index (χ2n) is 7.04. The Hall–Kier alpha value is -2.61. The molecule has 7 nitrogen and oxygen atoms in total. The lowest BCUT2D eigenvalue weighted by Gasteiger charge is -2.38. The van der Waals surface area contributed by atoms with Crippen LogP contribution in [0.15, 0.2) is 29.5 Å². The minimum Gasteiger partial charge on any atom is -0.466 e. The van der Waals surface area contributed by atoms with Gasteiger partial charge in [-0.15, -0.1) is 0 Å². The van der Waals surface area contributed by atoms with E-state index in [4.69, 9.17) is 14.2 Å². The number of nitrogens with zero attached hydrogens (tertiary/aromatic N) is 2. The van der Waals surface area contributed by atoms with Crippen molar-refractivity contribution in [2.24, 2.45) is 5.92 Å². The third-order valence-electron chi connectivity index (χ3n) is 5.06. The molecular weight excluding hydrogens is 367 g/mol. The van der Waals surface area contributed by atoms with Gasteiger partial charge in [0.05, 0.1) is 37.8 Å². The minimum absolute atomic E-state index is 0.00915. The topological polar surface area (TPSA) is 68.3 Å². The van der Waals surface area contributed by atoms with Crippen LogP contribution in [0.5, 0.6) is 0 Å². The van der Waals surface area contributed by atoms with Crippen LogP contribution < -0.4 is 9.80 Å². The Morgan fingerprint density at radius 2 is 1.93 bits per heavy atom. The van der Waals surface area contributed by atoms with E-state index in [2.05, 4.69) is 11.8 Å². The van der Waals surface area contributed by atoms with Crippen LogP contribution in [0.2, 0.25) is 0 Å². The van der Waals surface area contributed by atoms with Crippen LogP contribution in [0.1, 0.15) is 19.8 Å². The molecule has 0 N–H and O–H groups in total. The van der Waals surface area contributed by atoms with Crippen molar-refractivity contribution in [3.8, 4) is 0 Å². The second-order valence-corrected chi connectivity index (χ2v) is 7.04. The minimum atomic E-state index is -0.703. The van der Waals surface area contributed by atoms with Crippen molar-refractivity contribution in [1.82, 2.24) is 0 Å². The van der Waals surface area contributed by atoms with E-state index < -0.39 is 17.8 Å². The maximum atomic E-state index is 14.2. The number of halogens is 1. The molecule has 0 aromatic heterocycles. The van der Waals surface area contributed by atoms with E-state index in [1.807, 2.05) is 0 Å². The Morgan fingerprint density at radius 1 is 1.18 bits per heavy atom. The smallest absolute Gasteiger partial charge is 0.355 e. The highest BCUT2D eigenvalue weighted by Gasteiger charge is 2.34. The number of hydrogen-bond acceptors (Lipinski definition) is 7. The molecule has 1 aromatic rings. The Kier molecular flexibility index (Phi) is 6.18. The third-order valence-corrected chi connectivity index (χ3v) is 5.06. The lowest BCUT2D eigenvalue weighted by Crippen LogP contribution is -2.41. The van der Waals surface area contributed by atoms with Gasteiger partial charge in [0.2, 0.25) is 0 Å². The number of rotatable bonds is 4. The normalized spacial score (nSPS) is 20.2. The van der Waals surface area contributed by atoms with Crippen LogP contribution in [0, 0.1) is 11.7 Å². The maximum Gasteiger partial charge on any atom is 0.355 e. The first-order valence-corrected chi connectivity index (χ1v) is 9.25. The quantitative estimate of drug-likeness (QED) is 0.729. The first-order valence-electron chi connectivity index (χ1n) is 9.25. The van der Waals surface area contributed by atoms with Gasteiger partial charge >= 0.3 is 11.9 Å². The molecule has 0 bridgehead atoms. The van der Waals surface area contributed by atoms with E-state index in [1.54, 1.807) is 6.07 Å². The number of carbonyl (C=O) groups is 2. The Balaban J connectivity index is 2.11. The molecule has 1 aromatic carbocycles. The highest BCUT2D eigenvalue weighted by Crippen LogP contribution is 2.37. The van der Waals surface area contributed by atoms with Gasteiger partial charge in [-0.25, -0.2) is 14.0 Å². The SMILES string of the molecule is COC(=O)C1=C(C(=O)OC)N(c2cc(F)ccc2N2CCCC(C)C2)COC1. The molecule has 2 aliphatic heterocycles. The van der Waals surface area contributed by atoms with Crippen molar-refractivity contribution in [1.29, 1.82) is 0 Å². The van der Waals surface area contributed by atoms with E-state index in [0.29, 0.717) is 11.6 Å². The summed E-state index contributed by atoms with van der Waals surface area (Å²) in [5, 5.41) is 0. The zero-order valence-electron chi connectivity index (χ0n) is 16.4. The highest BCUT2D eigenvalue weighted by molar-refractivity contribution is 6.04. The van der Waals surface area contributed by atoms with Gasteiger partial charge in [-0.3, -0.25) is 0 Å². The molecule has 1 atom stereocenters. The molecule has 2 aliphatic rings. The van der Waals surface area contributed by atoms with Crippen molar-refractivity contribution in [2.75, 3.05) is 50.4 Å². The molecular formula is C20H25FN2O5. The highest BCUT2D eigenvalue weighted by atomic mass is 19.1. The molecule has 28 heavy (non-hydrogen) atoms. The first kappa shape index (κ1) is 20.1. The monoisotopic (exact) mass is 392 g/mol. The van der Waals surface area contributed by atoms with Crippen molar-refractivity contribution in [3.05, 3.63) is 35.3 Å². The summed E-state index contributed by atoms with van der Waals surface area (Å²) < 4.78 is 29.4. The number of benzene rings is 1. The first-order chi connectivity index (χ1) is 13.5. The standard InChI is InChI=1S/C20H25FN2O5/c1-13-5-4-8-22(10-13)16-7-6-14(21)9-17(16)23-12-28-11-15(19(24)26-2)18(23)20(25)27-3/h6-7,9,13H,4-5,8,10-12H2,1-3H3. The van der Waals surface area contributed by atoms with Crippen molar-refractivity contribution in [2.45, 2.75) is 19.8 Å². The van der Waals surface area contributed by atoms with E-state index in [-0.39, 0.29) is 24.6 Å². The second kappa shape index (κ2) is 8.60. The molecule has 1 saturated heterocycles. The van der Waals surface area contributed by atoms with E-state index >= 15 is 0 Å². The fourth-order valence-corrected chi connectivity index (χ4v) is 3.72. The third kappa shape index (κ3) is 3.96. The van der Waals surface area contributed by atoms with Crippen LogP contribution in [0.25, 0.3) is 0 Å². The zero-order chi connectivity index (χ0) is 20.3. The van der Waals surface area contributed by atoms with Crippen LogP contribution in [0.3, 0.4) is 0 Å². The number of ether oxygens (including phenoxy) is 3. The number of piperidine rings is 1. The fraction of sp³-hybridized carbons (Fsp3) is 0.500. The van der Waals surface area contributed by atoms with Gasteiger partial charge in [-0.2, -0.15) is 0 Å². The van der Waals surface area contributed by atoms with Gasteiger partial charge < -0.3 is 24.0 Å². The van der Waals surface area contributed by atoms with E-state index in [9.17, 15) is 14.0 Å². The molecule has 0 aliphatic carbocycles. The summed E-state index contributed by atoms with van der Waals surface area (Å²) in [4.78, 5) is 28.4. The lowest BCUT2D eigenvalue weighted by atomic mass is 9.99. The lowest BCUT2D eigenvalue weighted by molar-refractivity contribution is -0.140. The van der Waals surface area contributed by atoms with Crippen LogP contribution >= 0.6 is 0 Å². The molecule has 3 rings (SSSR count). The molecule has 0 spiro atoms. The molecule has 8 heteroatoms. The van der Waals surface area contributed by atoms with Crippen LogP contribution in [-0.4, -0.2) is 52.6 Å².